The van der Waals surface area contributed by atoms with Crippen LogP contribution in [0.25, 0.3) is 0 Å². The molecule has 0 spiro atoms. The molecular weight excluding hydrogens is 390 g/mol. The van der Waals surface area contributed by atoms with Crippen molar-refractivity contribution in [3.63, 3.8) is 0 Å². The smallest absolute Gasteiger partial charge is 0.273 e. The van der Waals surface area contributed by atoms with E-state index in [0.29, 0.717) is 19.0 Å². The third-order valence-corrected chi connectivity index (χ3v) is 6.73. The van der Waals surface area contributed by atoms with Crippen molar-refractivity contribution in [1.29, 1.82) is 0 Å². The van der Waals surface area contributed by atoms with E-state index in [2.05, 4.69) is 34.1 Å². The largest absolute Gasteiger partial charge is 0.342 e. The van der Waals surface area contributed by atoms with Crippen molar-refractivity contribution in [2.75, 3.05) is 26.2 Å². The quantitative estimate of drug-likeness (QED) is 0.516. The van der Waals surface area contributed by atoms with E-state index in [1.165, 1.54) is 5.56 Å². The van der Waals surface area contributed by atoms with E-state index in [-0.39, 0.29) is 22.4 Å². The first-order valence-electron chi connectivity index (χ1n) is 11.4. The number of amides is 1. The van der Waals surface area contributed by atoms with Crippen LogP contribution in [0.4, 0.5) is 5.69 Å². The molecule has 0 bridgehead atoms. The Morgan fingerprint density at radius 3 is 2.42 bits per heavy atom. The lowest BCUT2D eigenvalue weighted by Crippen LogP contribution is -2.47. The van der Waals surface area contributed by atoms with Gasteiger partial charge in [0.25, 0.3) is 5.69 Å². The number of nitro groups is 1. The number of likely N-dealkylation sites (tertiary alicyclic amines) is 2. The summed E-state index contributed by atoms with van der Waals surface area (Å²) in [5, 5.41) is 11.3. The van der Waals surface area contributed by atoms with Crippen molar-refractivity contribution in [1.82, 2.24) is 9.80 Å². The molecule has 164 valence electrons. The number of carbonyl (C=O) groups excluding carboxylic acids is 1. The maximum Gasteiger partial charge on any atom is 0.273 e. The average Bonchev–Trinajstić information content (AvgIpc) is 2.80. The van der Waals surface area contributed by atoms with Gasteiger partial charge in [0.1, 0.15) is 0 Å². The molecule has 2 fully saturated rings. The van der Waals surface area contributed by atoms with E-state index < -0.39 is 0 Å². The minimum atomic E-state index is -0.318. The Morgan fingerprint density at radius 2 is 1.68 bits per heavy atom. The fraction of sp³-hybridized carbons (Fsp3) is 0.480. The molecule has 4 rings (SSSR count). The summed E-state index contributed by atoms with van der Waals surface area (Å²) in [6, 6.07) is 17.5. The van der Waals surface area contributed by atoms with Crippen LogP contribution in [0, 0.1) is 22.0 Å². The van der Waals surface area contributed by atoms with Crippen LogP contribution in [0.5, 0.6) is 0 Å². The number of rotatable bonds is 6. The molecule has 6 nitrogen and oxygen atoms in total. The van der Waals surface area contributed by atoms with E-state index >= 15 is 0 Å². The number of nitrogens with zero attached hydrogens (tertiary/aromatic N) is 3. The lowest BCUT2D eigenvalue weighted by atomic mass is 9.89. The number of hydrogen-bond donors (Lipinski definition) is 0. The second kappa shape index (κ2) is 10.1. The van der Waals surface area contributed by atoms with Gasteiger partial charge in [-0.2, -0.15) is 0 Å². The van der Waals surface area contributed by atoms with E-state index in [0.717, 1.165) is 57.3 Å². The molecule has 0 unspecified atom stereocenters. The van der Waals surface area contributed by atoms with Gasteiger partial charge < -0.3 is 4.90 Å². The summed E-state index contributed by atoms with van der Waals surface area (Å²) < 4.78 is 0. The van der Waals surface area contributed by atoms with Gasteiger partial charge in [-0.25, -0.2) is 0 Å². The van der Waals surface area contributed by atoms with E-state index in [9.17, 15) is 14.9 Å². The van der Waals surface area contributed by atoms with E-state index in [1.54, 1.807) is 12.1 Å². The lowest BCUT2D eigenvalue weighted by Gasteiger charge is -2.38. The molecule has 6 heteroatoms. The monoisotopic (exact) mass is 421 g/mol. The fourth-order valence-electron chi connectivity index (χ4n) is 5.03. The van der Waals surface area contributed by atoms with E-state index in [1.807, 2.05) is 18.2 Å². The molecule has 0 aliphatic carbocycles. The predicted octanol–water partition coefficient (Wildman–Crippen LogP) is 4.29. The van der Waals surface area contributed by atoms with Gasteiger partial charge in [-0.1, -0.05) is 48.5 Å². The maximum absolute atomic E-state index is 13.2. The molecular formula is C25H31N3O3. The normalized spacial score (nSPS) is 20.5. The molecule has 1 atom stereocenters. The molecule has 0 aromatic heterocycles. The number of hydrogen-bond acceptors (Lipinski definition) is 4. The Morgan fingerprint density at radius 1 is 0.968 bits per heavy atom. The summed E-state index contributed by atoms with van der Waals surface area (Å²) >= 11 is 0. The zero-order valence-electron chi connectivity index (χ0n) is 18.0. The highest BCUT2D eigenvalue weighted by Crippen LogP contribution is 2.27. The molecule has 0 N–H and O–H groups in total. The zero-order chi connectivity index (χ0) is 21.6. The number of piperidine rings is 2. The van der Waals surface area contributed by atoms with Gasteiger partial charge in [0.05, 0.1) is 10.8 Å². The minimum Gasteiger partial charge on any atom is -0.342 e. The highest BCUT2D eigenvalue weighted by atomic mass is 16.6. The third-order valence-electron chi connectivity index (χ3n) is 6.73. The molecule has 2 aromatic carbocycles. The topological polar surface area (TPSA) is 66.7 Å². The highest BCUT2D eigenvalue weighted by molar-refractivity contribution is 5.79. The van der Waals surface area contributed by atoms with Crippen LogP contribution in [0.15, 0.2) is 54.6 Å². The summed E-state index contributed by atoms with van der Waals surface area (Å²) in [6.45, 7) is 3.79. The number of nitro benzene ring substituents is 1. The highest BCUT2D eigenvalue weighted by Gasteiger charge is 2.32. The van der Waals surface area contributed by atoms with Gasteiger partial charge in [-0.05, 0) is 50.1 Å². The zero-order valence-corrected chi connectivity index (χ0v) is 18.0. The molecule has 2 heterocycles. The molecule has 2 saturated heterocycles. The van der Waals surface area contributed by atoms with Gasteiger partial charge in [0.2, 0.25) is 5.91 Å². The predicted molar refractivity (Wildman–Crippen MR) is 121 cm³/mol. The first-order valence-corrected chi connectivity index (χ1v) is 11.4. The SMILES string of the molecule is O=C([C@@H]1CCCN(Cc2ccccc2[N+](=O)[O-])C1)N1CCC(Cc2ccccc2)CC1. The van der Waals surface area contributed by atoms with Crippen molar-refractivity contribution in [2.24, 2.45) is 11.8 Å². The van der Waals surface area contributed by atoms with Crippen LogP contribution in [-0.2, 0) is 17.8 Å². The Hall–Kier alpha value is -2.73. The molecule has 2 aliphatic heterocycles. The Bertz CT molecular complexity index is 894. The van der Waals surface area contributed by atoms with Crippen LogP contribution < -0.4 is 0 Å². The van der Waals surface area contributed by atoms with Gasteiger partial charge in [0.15, 0.2) is 0 Å². The second-order valence-electron chi connectivity index (χ2n) is 8.92. The van der Waals surface area contributed by atoms with Crippen molar-refractivity contribution >= 4 is 11.6 Å². The maximum atomic E-state index is 13.2. The van der Waals surface area contributed by atoms with Crippen molar-refractivity contribution in [3.8, 4) is 0 Å². The summed E-state index contributed by atoms with van der Waals surface area (Å²) in [4.78, 5) is 28.4. The summed E-state index contributed by atoms with van der Waals surface area (Å²) in [5.41, 5.74) is 2.27. The first-order chi connectivity index (χ1) is 15.1. The van der Waals surface area contributed by atoms with Gasteiger partial charge in [-0.15, -0.1) is 0 Å². The minimum absolute atomic E-state index is 0.00203. The number of carbonyl (C=O) groups is 1. The van der Waals surface area contributed by atoms with Crippen molar-refractivity contribution in [3.05, 3.63) is 75.8 Å². The summed E-state index contributed by atoms with van der Waals surface area (Å²) in [6.07, 6.45) is 5.09. The molecule has 0 saturated carbocycles. The molecule has 2 aliphatic rings. The Labute approximate surface area is 184 Å². The van der Waals surface area contributed by atoms with Crippen LogP contribution >= 0.6 is 0 Å². The van der Waals surface area contributed by atoms with Gasteiger partial charge >= 0.3 is 0 Å². The standard InChI is InChI=1S/C25H31N3O3/c29-25(27-15-12-21(13-16-27)17-20-7-2-1-3-8-20)23-10-6-14-26(19-23)18-22-9-4-5-11-24(22)28(30)31/h1-5,7-9,11,21,23H,6,10,12-19H2/t23-/m1/s1. The Balaban J connectivity index is 1.30. The van der Waals surface area contributed by atoms with Crippen LogP contribution in [-0.4, -0.2) is 46.8 Å². The van der Waals surface area contributed by atoms with Crippen molar-refractivity contribution in [2.45, 2.75) is 38.6 Å². The molecule has 2 aromatic rings. The Kier molecular flexibility index (Phi) is 6.97. The first kappa shape index (κ1) is 21.5. The van der Waals surface area contributed by atoms with Gasteiger partial charge in [0, 0.05) is 37.8 Å². The molecule has 31 heavy (non-hydrogen) atoms. The van der Waals surface area contributed by atoms with Crippen LogP contribution in [0.3, 0.4) is 0 Å². The molecule has 1 amide bonds. The van der Waals surface area contributed by atoms with Crippen LogP contribution in [0.1, 0.15) is 36.8 Å². The van der Waals surface area contributed by atoms with Crippen molar-refractivity contribution < 1.29 is 9.72 Å². The van der Waals surface area contributed by atoms with Crippen LogP contribution in [0.2, 0.25) is 0 Å². The van der Waals surface area contributed by atoms with E-state index in [4.69, 9.17) is 0 Å². The van der Waals surface area contributed by atoms with Gasteiger partial charge in [-0.3, -0.25) is 19.8 Å². The lowest BCUT2D eigenvalue weighted by molar-refractivity contribution is -0.385. The second-order valence-corrected chi connectivity index (χ2v) is 8.92. The number of para-hydroxylation sites is 1. The summed E-state index contributed by atoms with van der Waals surface area (Å²) in [5.74, 6) is 0.917. The number of benzene rings is 2. The third kappa shape index (κ3) is 5.50. The molecule has 0 radical (unpaired) electrons. The average molecular weight is 422 g/mol. The summed E-state index contributed by atoms with van der Waals surface area (Å²) in [7, 11) is 0. The fourth-order valence-corrected chi connectivity index (χ4v) is 5.03.